The molecular formula is C14H19BN2. The molecule has 0 aromatic heterocycles. The molecule has 1 aromatic rings. The van der Waals surface area contributed by atoms with Crippen LogP contribution in [-0.4, -0.2) is 18.6 Å². The van der Waals surface area contributed by atoms with Gasteiger partial charge in [0.25, 0.3) is 0 Å². The van der Waals surface area contributed by atoms with Crippen molar-refractivity contribution < 1.29 is 0 Å². The first-order valence-electron chi connectivity index (χ1n) is 5.94. The van der Waals surface area contributed by atoms with Crippen LogP contribution in [-0.2, 0) is 5.41 Å². The zero-order chi connectivity index (χ0) is 12.8. The lowest BCUT2D eigenvalue weighted by molar-refractivity contribution is 0.590. The average Bonchev–Trinajstić information content (AvgIpc) is 2.24. The van der Waals surface area contributed by atoms with Crippen molar-refractivity contribution in [1.29, 1.82) is 0 Å². The van der Waals surface area contributed by atoms with Crippen LogP contribution in [0.2, 0.25) is 0 Å². The summed E-state index contributed by atoms with van der Waals surface area (Å²) < 4.78 is 0. The van der Waals surface area contributed by atoms with Crippen LogP contribution in [0.4, 0.5) is 5.69 Å². The minimum Gasteiger partial charge on any atom is -0.383 e. The average molecular weight is 226 g/mol. The van der Waals surface area contributed by atoms with E-state index in [4.69, 9.17) is 4.99 Å². The van der Waals surface area contributed by atoms with Gasteiger partial charge in [0, 0.05) is 11.3 Å². The Kier molecular flexibility index (Phi) is 2.65. The lowest BCUT2D eigenvalue weighted by Gasteiger charge is -2.31. The van der Waals surface area contributed by atoms with E-state index in [2.05, 4.69) is 45.5 Å². The lowest BCUT2D eigenvalue weighted by Crippen LogP contribution is -2.27. The summed E-state index contributed by atoms with van der Waals surface area (Å²) in [4.78, 5) is 6.76. The topological polar surface area (TPSA) is 15.6 Å². The van der Waals surface area contributed by atoms with Crippen LogP contribution >= 0.6 is 0 Å². The lowest BCUT2D eigenvalue weighted by atomic mass is 9.83. The van der Waals surface area contributed by atoms with E-state index < -0.39 is 0 Å². The number of rotatable bonds is 0. The maximum atomic E-state index is 4.73. The van der Waals surface area contributed by atoms with Gasteiger partial charge >= 0.3 is 0 Å². The molecule has 0 saturated carbocycles. The Labute approximate surface area is 104 Å². The fraction of sp³-hybridized carbons (Fsp3) is 0.357. The maximum Gasteiger partial charge on any atom is 0.225 e. The highest BCUT2D eigenvalue weighted by atomic mass is 15.1. The number of nitrogens with zero attached hydrogens (tertiary/aromatic N) is 2. The van der Waals surface area contributed by atoms with Gasteiger partial charge in [-0.3, -0.25) is 0 Å². The van der Waals surface area contributed by atoms with Gasteiger partial charge in [0.05, 0.1) is 11.5 Å². The molecule has 3 heteroatoms. The van der Waals surface area contributed by atoms with E-state index in [0.29, 0.717) is 0 Å². The number of benzene rings is 1. The first-order chi connectivity index (χ1) is 7.82. The van der Waals surface area contributed by atoms with Crippen molar-refractivity contribution in [3.63, 3.8) is 0 Å². The van der Waals surface area contributed by atoms with Gasteiger partial charge < -0.3 is 4.81 Å². The monoisotopic (exact) mass is 226 g/mol. The third-order valence-corrected chi connectivity index (χ3v) is 3.32. The van der Waals surface area contributed by atoms with Gasteiger partial charge in [0.15, 0.2) is 0 Å². The van der Waals surface area contributed by atoms with E-state index in [1.165, 1.54) is 5.56 Å². The highest BCUT2D eigenvalue weighted by Gasteiger charge is 2.24. The third-order valence-electron chi connectivity index (χ3n) is 3.32. The van der Waals surface area contributed by atoms with Crippen molar-refractivity contribution in [2.75, 3.05) is 0 Å². The molecule has 1 aliphatic heterocycles. The summed E-state index contributed by atoms with van der Waals surface area (Å²) in [7, 11) is 2.01. The zero-order valence-corrected chi connectivity index (χ0v) is 11.3. The second-order valence-corrected chi connectivity index (χ2v) is 5.62. The van der Waals surface area contributed by atoms with Gasteiger partial charge in [-0.15, -0.1) is 0 Å². The van der Waals surface area contributed by atoms with Crippen molar-refractivity contribution in [3.8, 4) is 0 Å². The molecule has 1 aromatic carbocycles. The van der Waals surface area contributed by atoms with E-state index in [9.17, 15) is 0 Å². The number of para-hydroxylation sites is 1. The Morgan fingerprint density at radius 2 is 1.94 bits per heavy atom. The summed E-state index contributed by atoms with van der Waals surface area (Å²) in [5, 5.41) is 0. The second kappa shape index (κ2) is 3.76. The summed E-state index contributed by atoms with van der Waals surface area (Å²) in [6.07, 6.45) is 0. The van der Waals surface area contributed by atoms with Gasteiger partial charge in [-0.2, -0.15) is 0 Å². The summed E-state index contributed by atoms with van der Waals surface area (Å²) >= 11 is 0. The molecular weight excluding hydrogens is 207 g/mol. The van der Waals surface area contributed by atoms with E-state index in [0.717, 1.165) is 22.8 Å². The van der Waals surface area contributed by atoms with Gasteiger partial charge in [-0.05, 0) is 17.9 Å². The first-order valence-corrected chi connectivity index (χ1v) is 5.94. The molecule has 1 heterocycles. The normalized spacial score (nSPS) is 15.6. The van der Waals surface area contributed by atoms with Crippen LogP contribution in [0.3, 0.4) is 0 Å². The van der Waals surface area contributed by atoms with Crippen molar-refractivity contribution in [2.24, 2.45) is 4.99 Å². The highest BCUT2D eigenvalue weighted by Crippen LogP contribution is 2.40. The van der Waals surface area contributed by atoms with Gasteiger partial charge in [-0.1, -0.05) is 45.5 Å². The molecule has 0 N–H and O–H groups in total. The third kappa shape index (κ3) is 1.90. The predicted octanol–water partition coefficient (Wildman–Crippen LogP) is 2.87. The fourth-order valence-corrected chi connectivity index (χ4v) is 2.11. The van der Waals surface area contributed by atoms with E-state index in [1.807, 2.05) is 19.7 Å². The van der Waals surface area contributed by atoms with Gasteiger partial charge in [-0.25, -0.2) is 4.99 Å². The summed E-state index contributed by atoms with van der Waals surface area (Å²) in [5.74, 6) is 0.999. The Morgan fingerprint density at radius 3 is 2.53 bits per heavy atom. The van der Waals surface area contributed by atoms with Crippen LogP contribution in [0.1, 0.15) is 38.8 Å². The smallest absolute Gasteiger partial charge is 0.225 e. The molecule has 0 saturated heterocycles. The first kappa shape index (κ1) is 12.0. The Balaban J connectivity index is 2.71. The number of aliphatic imine (C=N–C) groups is 1. The quantitative estimate of drug-likeness (QED) is 0.621. The minimum absolute atomic E-state index is 0.102. The van der Waals surface area contributed by atoms with Crippen LogP contribution in [0.25, 0.3) is 5.70 Å². The van der Waals surface area contributed by atoms with Gasteiger partial charge in [0.1, 0.15) is 0 Å². The van der Waals surface area contributed by atoms with Crippen LogP contribution in [0.5, 0.6) is 0 Å². The molecule has 17 heavy (non-hydrogen) atoms. The molecule has 0 aliphatic carbocycles. The number of hydrogen-bond acceptors (Lipinski definition) is 2. The minimum atomic E-state index is 0.102. The van der Waals surface area contributed by atoms with E-state index in [1.54, 1.807) is 0 Å². The molecule has 0 spiro atoms. The molecule has 0 atom stereocenters. The molecule has 0 fully saturated rings. The van der Waals surface area contributed by atoms with Crippen molar-refractivity contribution in [2.45, 2.75) is 33.1 Å². The molecule has 0 amide bonds. The van der Waals surface area contributed by atoms with E-state index in [-0.39, 0.29) is 5.41 Å². The van der Waals surface area contributed by atoms with Crippen LogP contribution < -0.4 is 0 Å². The molecule has 2 rings (SSSR count). The Morgan fingerprint density at radius 1 is 1.29 bits per heavy atom. The fourth-order valence-electron chi connectivity index (χ4n) is 2.11. The SMILES string of the molecule is BN1C(=C)c2cccc(C(C)(C)C)c2N=C1C. The maximum absolute atomic E-state index is 4.73. The Bertz CT molecular complexity index is 509. The molecule has 0 bridgehead atoms. The van der Waals surface area contributed by atoms with Crippen LogP contribution in [0, 0.1) is 0 Å². The molecule has 1 aliphatic rings. The molecule has 88 valence electrons. The Hall–Kier alpha value is -1.51. The van der Waals surface area contributed by atoms with Gasteiger partial charge in [0.2, 0.25) is 7.98 Å². The summed E-state index contributed by atoms with van der Waals surface area (Å²) in [6, 6.07) is 6.35. The highest BCUT2D eigenvalue weighted by molar-refractivity contribution is 6.22. The summed E-state index contributed by atoms with van der Waals surface area (Å²) in [5.41, 5.74) is 4.64. The predicted molar refractivity (Wildman–Crippen MR) is 77.3 cm³/mol. The number of fused-ring (bicyclic) bond motifs is 1. The van der Waals surface area contributed by atoms with Crippen LogP contribution in [0.15, 0.2) is 29.8 Å². The van der Waals surface area contributed by atoms with Crippen molar-refractivity contribution >= 4 is 25.2 Å². The largest absolute Gasteiger partial charge is 0.383 e. The molecule has 0 radical (unpaired) electrons. The molecule has 2 nitrogen and oxygen atoms in total. The molecule has 0 unspecified atom stereocenters. The van der Waals surface area contributed by atoms with Crippen molar-refractivity contribution in [3.05, 3.63) is 35.9 Å². The number of hydrogen-bond donors (Lipinski definition) is 0. The zero-order valence-electron chi connectivity index (χ0n) is 11.3. The van der Waals surface area contributed by atoms with Crippen molar-refractivity contribution in [1.82, 2.24) is 4.81 Å². The second-order valence-electron chi connectivity index (χ2n) is 5.62. The number of amidine groups is 1. The summed E-state index contributed by atoms with van der Waals surface area (Å²) in [6.45, 7) is 12.8. The standard InChI is InChI=1S/C14H19BN2/c1-9-11-7-6-8-12(14(3,4)5)13(11)16-10(2)17(9)15/h6-8H,1,15H2,2-5H3. The van der Waals surface area contributed by atoms with E-state index >= 15 is 0 Å².